The predicted octanol–water partition coefficient (Wildman–Crippen LogP) is 0.392. The molecular formula is C9H11N5O2S. The maximum atomic E-state index is 10.5. The van der Waals surface area contributed by atoms with Crippen molar-refractivity contribution in [3.8, 4) is 11.5 Å². The van der Waals surface area contributed by atoms with E-state index in [0.717, 1.165) is 11.8 Å². The van der Waals surface area contributed by atoms with E-state index in [1.165, 1.54) is 0 Å². The SMILES string of the molecule is Cn1ccc(-c2nnc(SCC(=O)O)n2C)n1. The van der Waals surface area contributed by atoms with Gasteiger partial charge in [0.25, 0.3) is 0 Å². The van der Waals surface area contributed by atoms with E-state index in [-0.39, 0.29) is 5.75 Å². The highest BCUT2D eigenvalue weighted by Gasteiger charge is 2.13. The van der Waals surface area contributed by atoms with E-state index in [9.17, 15) is 4.79 Å². The molecule has 17 heavy (non-hydrogen) atoms. The molecule has 0 aliphatic rings. The Hall–Kier alpha value is -1.83. The molecule has 0 spiro atoms. The Bertz CT molecular complexity index is 547. The van der Waals surface area contributed by atoms with Crippen LogP contribution in [0.25, 0.3) is 11.5 Å². The number of rotatable bonds is 4. The largest absolute Gasteiger partial charge is 0.481 e. The molecule has 0 saturated heterocycles. The molecule has 0 fully saturated rings. The number of aryl methyl sites for hydroxylation is 1. The van der Waals surface area contributed by atoms with Gasteiger partial charge in [0.2, 0.25) is 0 Å². The van der Waals surface area contributed by atoms with E-state index in [1.807, 2.05) is 19.3 Å². The van der Waals surface area contributed by atoms with Crippen LogP contribution in [0.3, 0.4) is 0 Å². The van der Waals surface area contributed by atoms with Gasteiger partial charge in [-0.2, -0.15) is 5.10 Å². The van der Waals surface area contributed by atoms with Crippen molar-refractivity contribution < 1.29 is 9.90 Å². The Morgan fingerprint density at radius 2 is 2.24 bits per heavy atom. The van der Waals surface area contributed by atoms with Gasteiger partial charge >= 0.3 is 5.97 Å². The van der Waals surface area contributed by atoms with E-state index < -0.39 is 5.97 Å². The standard InChI is InChI=1S/C9H11N5O2S/c1-13-4-3-6(12-13)8-10-11-9(14(8)2)17-5-7(15)16/h3-4H,5H2,1-2H3,(H,15,16). The number of aromatic nitrogens is 5. The summed E-state index contributed by atoms with van der Waals surface area (Å²) in [5.41, 5.74) is 0.713. The average molecular weight is 253 g/mol. The van der Waals surface area contributed by atoms with Crippen molar-refractivity contribution in [2.24, 2.45) is 14.1 Å². The second-order valence-electron chi connectivity index (χ2n) is 3.42. The molecule has 0 aromatic carbocycles. The monoisotopic (exact) mass is 253 g/mol. The van der Waals surface area contributed by atoms with Gasteiger partial charge in [-0.3, -0.25) is 9.48 Å². The molecule has 2 rings (SSSR count). The van der Waals surface area contributed by atoms with Crippen LogP contribution < -0.4 is 0 Å². The van der Waals surface area contributed by atoms with Crippen molar-refractivity contribution in [1.82, 2.24) is 24.5 Å². The molecule has 0 saturated carbocycles. The maximum absolute atomic E-state index is 10.5. The van der Waals surface area contributed by atoms with Crippen molar-refractivity contribution in [2.45, 2.75) is 5.16 Å². The fourth-order valence-electron chi connectivity index (χ4n) is 1.32. The summed E-state index contributed by atoms with van der Waals surface area (Å²) in [5, 5.41) is 21.3. The van der Waals surface area contributed by atoms with Gasteiger partial charge in [-0.25, -0.2) is 0 Å². The third kappa shape index (κ3) is 2.47. The van der Waals surface area contributed by atoms with Gasteiger partial charge in [0, 0.05) is 20.3 Å². The first kappa shape index (κ1) is 11.6. The molecule has 2 aromatic rings. The van der Waals surface area contributed by atoms with Crippen molar-refractivity contribution >= 4 is 17.7 Å². The summed E-state index contributed by atoms with van der Waals surface area (Å²) in [6, 6.07) is 1.83. The van der Waals surface area contributed by atoms with Crippen LogP contribution in [0.5, 0.6) is 0 Å². The summed E-state index contributed by atoms with van der Waals surface area (Å²) in [5.74, 6) is -0.287. The first-order chi connectivity index (χ1) is 8.08. The number of aliphatic carboxylic acids is 1. The lowest BCUT2D eigenvalue weighted by Gasteiger charge is -1.99. The van der Waals surface area contributed by atoms with Gasteiger partial charge < -0.3 is 9.67 Å². The minimum atomic E-state index is -0.877. The third-order valence-electron chi connectivity index (χ3n) is 2.10. The van der Waals surface area contributed by atoms with Crippen LogP contribution in [0, 0.1) is 0 Å². The van der Waals surface area contributed by atoms with Crippen LogP contribution in [0.1, 0.15) is 0 Å². The van der Waals surface area contributed by atoms with E-state index in [4.69, 9.17) is 5.11 Å². The summed E-state index contributed by atoms with van der Waals surface area (Å²) in [4.78, 5) is 10.5. The molecule has 90 valence electrons. The van der Waals surface area contributed by atoms with Crippen LogP contribution in [-0.4, -0.2) is 41.4 Å². The van der Waals surface area contributed by atoms with Crippen molar-refractivity contribution in [3.05, 3.63) is 12.3 Å². The van der Waals surface area contributed by atoms with E-state index in [1.54, 1.807) is 16.3 Å². The smallest absolute Gasteiger partial charge is 0.313 e. The molecule has 8 heteroatoms. The molecule has 2 aromatic heterocycles. The zero-order valence-corrected chi connectivity index (χ0v) is 10.2. The Morgan fingerprint density at radius 1 is 1.47 bits per heavy atom. The molecule has 0 aliphatic heterocycles. The van der Waals surface area contributed by atoms with Gasteiger partial charge in [0.05, 0.1) is 5.75 Å². The summed E-state index contributed by atoms with van der Waals surface area (Å²) in [6.45, 7) is 0. The fourth-order valence-corrected chi connectivity index (χ4v) is 1.96. The summed E-state index contributed by atoms with van der Waals surface area (Å²) in [7, 11) is 3.61. The number of thioether (sulfide) groups is 1. The Labute approximate surface area is 101 Å². The molecular weight excluding hydrogens is 242 g/mol. The number of hydrogen-bond acceptors (Lipinski definition) is 5. The first-order valence-corrected chi connectivity index (χ1v) is 5.80. The Kier molecular flexibility index (Phi) is 3.14. The normalized spacial score (nSPS) is 10.7. The topological polar surface area (TPSA) is 85.8 Å². The Morgan fingerprint density at radius 3 is 2.82 bits per heavy atom. The molecule has 0 amide bonds. The number of carboxylic acid groups (broad SMARTS) is 1. The molecule has 1 N–H and O–H groups in total. The van der Waals surface area contributed by atoms with Crippen LogP contribution in [0.2, 0.25) is 0 Å². The minimum Gasteiger partial charge on any atom is -0.481 e. The van der Waals surface area contributed by atoms with E-state index in [2.05, 4.69) is 15.3 Å². The lowest BCUT2D eigenvalue weighted by atomic mass is 10.4. The van der Waals surface area contributed by atoms with Gasteiger partial charge in [0.15, 0.2) is 11.0 Å². The molecule has 0 atom stereocenters. The van der Waals surface area contributed by atoms with Crippen LogP contribution in [-0.2, 0) is 18.9 Å². The zero-order chi connectivity index (χ0) is 12.4. The Balaban J connectivity index is 2.23. The number of nitrogens with zero attached hydrogens (tertiary/aromatic N) is 5. The second-order valence-corrected chi connectivity index (χ2v) is 4.36. The lowest BCUT2D eigenvalue weighted by molar-refractivity contribution is -0.133. The van der Waals surface area contributed by atoms with Gasteiger partial charge in [0.1, 0.15) is 5.69 Å². The van der Waals surface area contributed by atoms with E-state index >= 15 is 0 Å². The summed E-state index contributed by atoms with van der Waals surface area (Å²) in [6.07, 6.45) is 1.81. The highest BCUT2D eigenvalue weighted by Crippen LogP contribution is 2.20. The van der Waals surface area contributed by atoms with Crippen LogP contribution >= 0.6 is 11.8 Å². The first-order valence-electron chi connectivity index (χ1n) is 4.82. The van der Waals surface area contributed by atoms with Crippen molar-refractivity contribution in [2.75, 3.05) is 5.75 Å². The summed E-state index contributed by atoms with van der Waals surface area (Å²) >= 11 is 1.13. The minimum absolute atomic E-state index is 0.0335. The number of carboxylic acids is 1. The maximum Gasteiger partial charge on any atom is 0.313 e. The lowest BCUT2D eigenvalue weighted by Crippen LogP contribution is -2.01. The van der Waals surface area contributed by atoms with E-state index in [0.29, 0.717) is 16.7 Å². The zero-order valence-electron chi connectivity index (χ0n) is 9.36. The molecule has 0 unspecified atom stereocenters. The van der Waals surface area contributed by atoms with Crippen LogP contribution in [0.4, 0.5) is 0 Å². The molecule has 0 radical (unpaired) electrons. The number of carbonyl (C=O) groups is 1. The quantitative estimate of drug-likeness (QED) is 0.793. The molecule has 7 nitrogen and oxygen atoms in total. The van der Waals surface area contributed by atoms with Gasteiger partial charge in [-0.1, -0.05) is 11.8 Å². The number of hydrogen-bond donors (Lipinski definition) is 1. The molecule has 0 bridgehead atoms. The highest BCUT2D eigenvalue weighted by molar-refractivity contribution is 7.99. The average Bonchev–Trinajstić information content (AvgIpc) is 2.82. The van der Waals surface area contributed by atoms with Crippen molar-refractivity contribution in [3.63, 3.8) is 0 Å². The predicted molar refractivity (Wildman–Crippen MR) is 61.6 cm³/mol. The third-order valence-corrected chi connectivity index (χ3v) is 3.11. The van der Waals surface area contributed by atoms with Gasteiger partial charge in [-0.05, 0) is 6.07 Å². The fraction of sp³-hybridized carbons (Fsp3) is 0.333. The second kappa shape index (κ2) is 4.58. The van der Waals surface area contributed by atoms with Gasteiger partial charge in [-0.15, -0.1) is 10.2 Å². The molecule has 2 heterocycles. The molecule has 0 aliphatic carbocycles. The summed E-state index contributed by atoms with van der Waals surface area (Å²) < 4.78 is 3.41. The van der Waals surface area contributed by atoms with Crippen molar-refractivity contribution in [1.29, 1.82) is 0 Å². The highest BCUT2D eigenvalue weighted by atomic mass is 32.2. The van der Waals surface area contributed by atoms with Crippen LogP contribution in [0.15, 0.2) is 17.4 Å².